The second kappa shape index (κ2) is 9.20. The summed E-state index contributed by atoms with van der Waals surface area (Å²) in [5, 5.41) is 20.6. The van der Waals surface area contributed by atoms with Crippen LogP contribution in [0.1, 0.15) is 19.4 Å². The topological polar surface area (TPSA) is 82.0 Å². The lowest BCUT2D eigenvalue weighted by atomic mass is 10.1. The summed E-state index contributed by atoms with van der Waals surface area (Å²) in [4.78, 5) is 12.5. The molecule has 1 aromatic rings. The van der Waals surface area contributed by atoms with E-state index in [0.717, 1.165) is 23.5 Å². The molecule has 6 nitrogen and oxygen atoms in total. The number of hydrogen-bond donors (Lipinski definition) is 3. The minimum Gasteiger partial charge on any atom is -0.492 e. The Morgan fingerprint density at radius 1 is 1.38 bits per heavy atom. The molecule has 0 unspecified atom stereocenters. The summed E-state index contributed by atoms with van der Waals surface area (Å²) in [6.07, 6.45) is 0. The highest BCUT2D eigenvalue weighted by atomic mass is 16.5. The van der Waals surface area contributed by atoms with Gasteiger partial charge in [0, 0.05) is 19.6 Å². The molecule has 0 atom stereocenters. The quantitative estimate of drug-likeness (QED) is 0.599. The van der Waals surface area contributed by atoms with Gasteiger partial charge in [-0.1, -0.05) is 6.07 Å². The van der Waals surface area contributed by atoms with Crippen LogP contribution < -0.4 is 15.0 Å². The number of carbonyl (C=O) groups is 1. The highest BCUT2D eigenvalue weighted by Crippen LogP contribution is 2.29. The van der Waals surface area contributed by atoms with Crippen molar-refractivity contribution < 1.29 is 19.7 Å². The van der Waals surface area contributed by atoms with Crippen LogP contribution in [0.5, 0.6) is 5.75 Å². The molecular formula is C15H24N2O4. The number of hydrogen-bond acceptors (Lipinski definition) is 5. The van der Waals surface area contributed by atoms with Crippen molar-refractivity contribution in [2.24, 2.45) is 0 Å². The Balaban J connectivity index is 2.87. The number of nitrogens with zero attached hydrogens (tertiary/aromatic N) is 1. The summed E-state index contributed by atoms with van der Waals surface area (Å²) < 4.78 is 5.67. The maximum absolute atomic E-state index is 10.5. The number of anilines is 1. The van der Waals surface area contributed by atoms with Crippen molar-refractivity contribution >= 4 is 11.7 Å². The van der Waals surface area contributed by atoms with Crippen LogP contribution in [-0.2, 0) is 11.3 Å². The van der Waals surface area contributed by atoms with E-state index in [0.29, 0.717) is 19.7 Å². The predicted molar refractivity (Wildman–Crippen MR) is 81.9 cm³/mol. The molecule has 1 aromatic carbocycles. The van der Waals surface area contributed by atoms with Gasteiger partial charge in [-0.25, -0.2) is 0 Å². The number of ether oxygens (including phenoxy) is 1. The lowest BCUT2D eigenvalue weighted by molar-refractivity contribution is -0.135. The van der Waals surface area contributed by atoms with Crippen LogP contribution in [0.25, 0.3) is 0 Å². The molecule has 0 amide bonds. The lowest BCUT2D eigenvalue weighted by Gasteiger charge is -2.25. The van der Waals surface area contributed by atoms with Gasteiger partial charge in [0.2, 0.25) is 0 Å². The van der Waals surface area contributed by atoms with Gasteiger partial charge in [-0.05, 0) is 31.5 Å². The molecule has 0 radical (unpaired) electrons. The van der Waals surface area contributed by atoms with Gasteiger partial charge in [-0.15, -0.1) is 0 Å². The first-order valence-electron chi connectivity index (χ1n) is 7.16. The zero-order chi connectivity index (χ0) is 15.7. The molecule has 0 heterocycles. The first-order chi connectivity index (χ1) is 10.1. The summed E-state index contributed by atoms with van der Waals surface area (Å²) >= 11 is 0. The maximum Gasteiger partial charge on any atom is 0.317 e. The van der Waals surface area contributed by atoms with E-state index in [1.54, 1.807) is 0 Å². The molecular weight excluding hydrogens is 272 g/mol. The van der Waals surface area contributed by atoms with E-state index in [-0.39, 0.29) is 13.2 Å². The highest BCUT2D eigenvalue weighted by molar-refractivity contribution is 5.69. The number of carboxylic acids is 1. The second-order valence-corrected chi connectivity index (χ2v) is 4.54. The summed E-state index contributed by atoms with van der Waals surface area (Å²) in [5.41, 5.74) is 1.90. The molecule has 118 valence electrons. The normalized spacial score (nSPS) is 10.4. The van der Waals surface area contributed by atoms with Gasteiger partial charge >= 0.3 is 5.97 Å². The highest BCUT2D eigenvalue weighted by Gasteiger charge is 2.11. The van der Waals surface area contributed by atoms with Crippen molar-refractivity contribution in [3.8, 4) is 5.75 Å². The summed E-state index contributed by atoms with van der Waals surface area (Å²) in [5.74, 6) is -0.126. The summed E-state index contributed by atoms with van der Waals surface area (Å²) in [6, 6.07) is 5.79. The van der Waals surface area contributed by atoms with Gasteiger partial charge in [-0.2, -0.15) is 0 Å². The van der Waals surface area contributed by atoms with Crippen LogP contribution in [0.15, 0.2) is 18.2 Å². The average Bonchev–Trinajstić information content (AvgIpc) is 2.45. The smallest absolute Gasteiger partial charge is 0.317 e. The molecule has 0 aliphatic heterocycles. The van der Waals surface area contributed by atoms with Crippen LogP contribution in [-0.4, -0.2) is 49.0 Å². The minimum absolute atomic E-state index is 0.0721. The van der Waals surface area contributed by atoms with Crippen LogP contribution >= 0.6 is 0 Å². The zero-order valence-corrected chi connectivity index (χ0v) is 12.6. The fourth-order valence-electron chi connectivity index (χ4n) is 2.08. The molecule has 0 spiro atoms. The Labute approximate surface area is 125 Å². The van der Waals surface area contributed by atoms with Crippen molar-refractivity contribution in [2.75, 3.05) is 37.7 Å². The number of carboxylic acid groups (broad SMARTS) is 1. The van der Waals surface area contributed by atoms with E-state index in [1.807, 2.05) is 36.9 Å². The molecule has 0 fully saturated rings. The van der Waals surface area contributed by atoms with E-state index in [1.165, 1.54) is 0 Å². The number of likely N-dealkylation sites (N-methyl/N-ethyl adjacent to an activating group) is 1. The number of aliphatic hydroxyl groups excluding tert-OH is 1. The monoisotopic (exact) mass is 296 g/mol. The molecule has 0 aliphatic rings. The molecule has 1 rings (SSSR count). The lowest BCUT2D eigenvalue weighted by Crippen LogP contribution is -2.27. The van der Waals surface area contributed by atoms with E-state index in [2.05, 4.69) is 5.32 Å². The predicted octanol–water partition coefficient (Wildman–Crippen LogP) is 1.08. The average molecular weight is 296 g/mol. The van der Waals surface area contributed by atoms with Crippen LogP contribution in [0, 0.1) is 0 Å². The van der Waals surface area contributed by atoms with Gasteiger partial charge in [0.05, 0.1) is 25.4 Å². The number of aliphatic hydroxyl groups is 1. The summed E-state index contributed by atoms with van der Waals surface area (Å²) in [6.45, 7) is 6.30. The van der Waals surface area contributed by atoms with Gasteiger partial charge in [0.1, 0.15) is 5.75 Å². The standard InChI is InChI=1S/C15H24N2O4/c1-3-17(7-8-18)13-6-5-12(9-14(13)21-4-2)10-16-11-15(19)20/h5-6,9,16,18H,3-4,7-8,10-11H2,1-2H3,(H,19,20). The SMILES string of the molecule is CCOc1cc(CNCC(=O)O)ccc1N(CC)CCO. The molecule has 3 N–H and O–H groups in total. The molecule has 0 saturated heterocycles. The van der Waals surface area contributed by atoms with Gasteiger partial charge in [-0.3, -0.25) is 4.79 Å². The van der Waals surface area contributed by atoms with Crippen LogP contribution in [0.4, 0.5) is 5.69 Å². The molecule has 0 aromatic heterocycles. The molecule has 0 aliphatic carbocycles. The Bertz CT molecular complexity index is 451. The van der Waals surface area contributed by atoms with Crippen molar-refractivity contribution in [1.29, 1.82) is 0 Å². The van der Waals surface area contributed by atoms with Gasteiger partial charge < -0.3 is 25.2 Å². The van der Waals surface area contributed by atoms with Crippen molar-refractivity contribution in [2.45, 2.75) is 20.4 Å². The third-order valence-corrected chi connectivity index (χ3v) is 3.02. The third-order valence-electron chi connectivity index (χ3n) is 3.02. The van der Waals surface area contributed by atoms with E-state index in [9.17, 15) is 4.79 Å². The Morgan fingerprint density at radius 2 is 2.14 bits per heavy atom. The van der Waals surface area contributed by atoms with E-state index in [4.69, 9.17) is 14.9 Å². The first kappa shape index (κ1) is 17.3. The molecule has 0 saturated carbocycles. The first-order valence-corrected chi connectivity index (χ1v) is 7.16. The Morgan fingerprint density at radius 3 is 2.71 bits per heavy atom. The Hall–Kier alpha value is -1.79. The van der Waals surface area contributed by atoms with Crippen molar-refractivity contribution in [3.63, 3.8) is 0 Å². The zero-order valence-electron chi connectivity index (χ0n) is 12.6. The Kier molecular flexibility index (Phi) is 7.56. The van der Waals surface area contributed by atoms with Crippen LogP contribution in [0.2, 0.25) is 0 Å². The van der Waals surface area contributed by atoms with Gasteiger partial charge in [0.25, 0.3) is 0 Å². The van der Waals surface area contributed by atoms with E-state index >= 15 is 0 Å². The molecule has 21 heavy (non-hydrogen) atoms. The number of rotatable bonds is 10. The molecule has 6 heteroatoms. The fraction of sp³-hybridized carbons (Fsp3) is 0.533. The molecule has 0 bridgehead atoms. The van der Waals surface area contributed by atoms with Crippen molar-refractivity contribution in [1.82, 2.24) is 5.32 Å². The minimum atomic E-state index is -0.878. The van der Waals surface area contributed by atoms with E-state index < -0.39 is 5.97 Å². The van der Waals surface area contributed by atoms with Crippen LogP contribution in [0.3, 0.4) is 0 Å². The largest absolute Gasteiger partial charge is 0.492 e. The summed E-state index contributed by atoms with van der Waals surface area (Å²) in [7, 11) is 0. The fourth-order valence-corrected chi connectivity index (χ4v) is 2.08. The number of benzene rings is 1. The van der Waals surface area contributed by atoms with Gasteiger partial charge in [0.15, 0.2) is 0 Å². The third kappa shape index (κ3) is 5.61. The second-order valence-electron chi connectivity index (χ2n) is 4.54. The number of aliphatic carboxylic acids is 1. The maximum atomic E-state index is 10.5. The number of nitrogens with one attached hydrogen (secondary N) is 1. The van der Waals surface area contributed by atoms with Crippen molar-refractivity contribution in [3.05, 3.63) is 23.8 Å².